The van der Waals surface area contributed by atoms with Crippen molar-refractivity contribution in [1.29, 1.82) is 0 Å². The van der Waals surface area contributed by atoms with Crippen LogP contribution in [0.3, 0.4) is 0 Å². The van der Waals surface area contributed by atoms with Crippen molar-refractivity contribution in [2.24, 2.45) is 0 Å². The summed E-state index contributed by atoms with van der Waals surface area (Å²) in [5.74, 6) is 0. The maximum absolute atomic E-state index is 9.22. The molecule has 0 fully saturated rings. The second kappa shape index (κ2) is 14.9. The van der Waals surface area contributed by atoms with Gasteiger partial charge in [0.05, 0.1) is 34.3 Å². The van der Waals surface area contributed by atoms with Gasteiger partial charge < -0.3 is 14.4 Å². The normalized spacial score (nSPS) is 14.6. The van der Waals surface area contributed by atoms with Crippen molar-refractivity contribution in [1.82, 2.24) is 5.32 Å². The molecule has 7 heteroatoms. The van der Waals surface area contributed by atoms with Gasteiger partial charge >= 0.3 is 0 Å². The third-order valence-corrected chi connectivity index (χ3v) is 4.87. The summed E-state index contributed by atoms with van der Waals surface area (Å²) in [6.45, 7) is 8.12. The molecule has 0 aromatic heterocycles. The van der Waals surface area contributed by atoms with Crippen LogP contribution in [0, 0.1) is 0 Å². The molecular weight excluding hydrogens is 340 g/mol. The van der Waals surface area contributed by atoms with Gasteiger partial charge in [-0.1, -0.05) is 52.9 Å². The molecule has 0 amide bonds. The Labute approximate surface area is 156 Å². The molecule has 1 N–H and O–H groups in total. The Morgan fingerprint density at radius 3 is 1.80 bits per heavy atom. The zero-order valence-electron chi connectivity index (χ0n) is 17.5. The molecule has 154 valence electrons. The van der Waals surface area contributed by atoms with Crippen molar-refractivity contribution in [3.63, 3.8) is 0 Å². The van der Waals surface area contributed by atoms with Gasteiger partial charge in [0.15, 0.2) is 0 Å². The van der Waals surface area contributed by atoms with Crippen LogP contribution in [0.2, 0.25) is 0 Å². The molecule has 6 nitrogen and oxygen atoms in total. The number of quaternary nitrogens is 1. The highest BCUT2D eigenvalue weighted by Crippen LogP contribution is 2.15. The zero-order valence-corrected chi connectivity index (χ0v) is 18.3. The molecule has 2 unspecified atom stereocenters. The van der Waals surface area contributed by atoms with Crippen molar-refractivity contribution in [3.05, 3.63) is 0 Å². The molecule has 0 rings (SSSR count). The number of nitrogens with one attached hydrogen (secondary N) is 1. The molecule has 0 aliphatic heterocycles. The van der Waals surface area contributed by atoms with Crippen LogP contribution < -0.4 is 5.32 Å². The number of hydrogen-bond acceptors (Lipinski definition) is 5. The predicted octanol–water partition coefficient (Wildman–Crippen LogP) is 3.29. The van der Waals surface area contributed by atoms with Gasteiger partial charge in [0.2, 0.25) is 10.4 Å². The second-order valence-corrected chi connectivity index (χ2v) is 8.55. The minimum atomic E-state index is -4.41. The quantitative estimate of drug-likeness (QED) is 0.229. The van der Waals surface area contributed by atoms with Crippen LogP contribution in [0.15, 0.2) is 0 Å². The first-order chi connectivity index (χ1) is 11.5. The van der Waals surface area contributed by atoms with E-state index in [0.717, 1.165) is 17.6 Å². The first-order valence-corrected chi connectivity index (χ1v) is 10.9. The molecule has 0 spiro atoms. The van der Waals surface area contributed by atoms with E-state index in [9.17, 15) is 13.0 Å². The molecule has 0 saturated carbocycles. The lowest BCUT2D eigenvalue weighted by molar-refractivity contribution is -0.897. The van der Waals surface area contributed by atoms with Gasteiger partial charge in [0, 0.05) is 0 Å². The van der Waals surface area contributed by atoms with Crippen LogP contribution in [0.25, 0.3) is 0 Å². The molecular formula is C18H42N2O4S. The smallest absolute Gasteiger partial charge is 0.217 e. The van der Waals surface area contributed by atoms with Crippen molar-refractivity contribution < 1.29 is 21.6 Å². The topological polar surface area (TPSA) is 78.5 Å². The van der Waals surface area contributed by atoms with Crippen LogP contribution in [-0.4, -0.2) is 64.3 Å². The molecule has 0 aliphatic rings. The van der Waals surface area contributed by atoms with Gasteiger partial charge in [-0.15, -0.1) is 0 Å². The van der Waals surface area contributed by atoms with Gasteiger partial charge in [-0.05, 0) is 25.8 Å². The highest BCUT2D eigenvalue weighted by molar-refractivity contribution is 7.80. The van der Waals surface area contributed by atoms with E-state index in [1.165, 1.54) is 57.9 Å². The second-order valence-electron chi connectivity index (χ2n) is 7.40. The number of unbranched alkanes of at least 4 members (excludes halogenated alkanes) is 5. The number of rotatable bonds is 13. The Kier molecular flexibility index (Phi) is 16.1. The largest absolute Gasteiger partial charge is 0.726 e. The SMILES string of the molecule is CCCCCCCCNC(CC)C(CC)[N+](C)(C)C.COS(=O)(=O)[O-]. The third-order valence-electron chi connectivity index (χ3n) is 4.46. The number of likely N-dealkylation sites (N-methyl/N-ethyl adjacent to an activating group) is 1. The summed E-state index contributed by atoms with van der Waals surface area (Å²) in [4.78, 5) is 0. The van der Waals surface area contributed by atoms with E-state index in [0.29, 0.717) is 6.04 Å². The Morgan fingerprint density at radius 2 is 1.44 bits per heavy atom. The molecule has 0 aromatic carbocycles. The summed E-state index contributed by atoms with van der Waals surface area (Å²) in [7, 11) is 3.36. The lowest BCUT2D eigenvalue weighted by atomic mass is 10.00. The molecule has 0 bridgehead atoms. The van der Waals surface area contributed by atoms with Crippen molar-refractivity contribution in [2.75, 3.05) is 34.8 Å². The zero-order chi connectivity index (χ0) is 19.9. The molecule has 2 atom stereocenters. The van der Waals surface area contributed by atoms with E-state index in [1.807, 2.05) is 0 Å². The van der Waals surface area contributed by atoms with E-state index in [-0.39, 0.29) is 0 Å². The Morgan fingerprint density at radius 1 is 0.960 bits per heavy atom. The highest BCUT2D eigenvalue weighted by Gasteiger charge is 2.29. The fourth-order valence-corrected chi connectivity index (χ4v) is 3.12. The maximum atomic E-state index is 9.22. The fourth-order valence-electron chi connectivity index (χ4n) is 3.12. The molecule has 0 radical (unpaired) electrons. The summed E-state index contributed by atoms with van der Waals surface area (Å²) in [5.41, 5.74) is 0. The fraction of sp³-hybridized carbons (Fsp3) is 1.00. The minimum absolute atomic E-state index is 0.667. The first kappa shape index (κ1) is 27.0. The highest BCUT2D eigenvalue weighted by atomic mass is 32.3. The van der Waals surface area contributed by atoms with Crippen LogP contribution >= 0.6 is 0 Å². The van der Waals surface area contributed by atoms with E-state index < -0.39 is 10.4 Å². The summed E-state index contributed by atoms with van der Waals surface area (Å²) >= 11 is 0. The number of nitrogens with zero attached hydrogens (tertiary/aromatic N) is 1. The monoisotopic (exact) mass is 382 g/mol. The van der Waals surface area contributed by atoms with Gasteiger partial charge in [0.25, 0.3) is 0 Å². The van der Waals surface area contributed by atoms with Crippen LogP contribution in [-0.2, 0) is 14.6 Å². The lowest BCUT2D eigenvalue weighted by Crippen LogP contribution is -2.55. The van der Waals surface area contributed by atoms with Crippen molar-refractivity contribution in [2.45, 2.75) is 84.2 Å². The van der Waals surface area contributed by atoms with Gasteiger partial charge in [-0.2, -0.15) is 0 Å². The molecule has 0 aliphatic carbocycles. The van der Waals surface area contributed by atoms with Crippen LogP contribution in [0.1, 0.15) is 72.1 Å². The average molecular weight is 383 g/mol. The summed E-state index contributed by atoms with van der Waals surface area (Å²) in [5, 5.41) is 3.80. The average Bonchev–Trinajstić information content (AvgIpc) is 2.51. The molecule has 25 heavy (non-hydrogen) atoms. The Bertz CT molecular complexity index is 394. The predicted molar refractivity (Wildman–Crippen MR) is 104 cm³/mol. The summed E-state index contributed by atoms with van der Waals surface area (Å²) in [6, 6.07) is 1.39. The minimum Gasteiger partial charge on any atom is -0.726 e. The van der Waals surface area contributed by atoms with E-state index >= 15 is 0 Å². The summed E-state index contributed by atoms with van der Waals surface area (Å²) < 4.78 is 32.1. The van der Waals surface area contributed by atoms with Gasteiger partial charge in [-0.3, -0.25) is 4.18 Å². The third kappa shape index (κ3) is 17.0. The Balaban J connectivity index is 0. The lowest BCUT2D eigenvalue weighted by Gasteiger charge is -2.39. The molecule has 0 aromatic rings. The van der Waals surface area contributed by atoms with Crippen LogP contribution in [0.4, 0.5) is 0 Å². The van der Waals surface area contributed by atoms with Crippen molar-refractivity contribution >= 4 is 10.4 Å². The standard InChI is InChI=1S/C17H39N2.CH4O4S/c1-7-10-11-12-13-14-15-18-16(8-2)17(9-3)19(4,5)6;1-5-6(2,3)4/h16-18H,7-15H2,1-6H3;1H3,(H,2,3,4)/q+1;/p-1. The van der Waals surface area contributed by atoms with Crippen molar-refractivity contribution in [3.8, 4) is 0 Å². The molecule has 0 heterocycles. The van der Waals surface area contributed by atoms with Crippen LogP contribution in [0.5, 0.6) is 0 Å². The Hall–Kier alpha value is -0.210. The van der Waals surface area contributed by atoms with Gasteiger partial charge in [-0.25, -0.2) is 8.42 Å². The van der Waals surface area contributed by atoms with E-state index in [2.05, 4.69) is 51.4 Å². The number of hydrogen-bond donors (Lipinski definition) is 1. The summed E-state index contributed by atoms with van der Waals surface area (Å²) in [6.07, 6.45) is 10.8. The van der Waals surface area contributed by atoms with E-state index in [1.54, 1.807) is 0 Å². The molecule has 0 saturated heterocycles. The van der Waals surface area contributed by atoms with E-state index in [4.69, 9.17) is 0 Å². The first-order valence-electron chi connectivity index (χ1n) is 9.59. The maximum Gasteiger partial charge on any atom is 0.217 e. The van der Waals surface area contributed by atoms with Gasteiger partial charge in [0.1, 0.15) is 6.04 Å².